The van der Waals surface area contributed by atoms with Gasteiger partial charge in [0, 0.05) is 12.1 Å². The van der Waals surface area contributed by atoms with Gasteiger partial charge in [-0.1, -0.05) is 0 Å². The summed E-state index contributed by atoms with van der Waals surface area (Å²) >= 11 is 0. The van der Waals surface area contributed by atoms with Gasteiger partial charge in [-0.05, 0) is 6.07 Å². The molecule has 0 bridgehead atoms. The molecule has 0 amide bonds. The lowest BCUT2D eigenvalue weighted by atomic mass is 10.1. The van der Waals surface area contributed by atoms with Crippen molar-refractivity contribution in [2.75, 3.05) is 0 Å². The van der Waals surface area contributed by atoms with Crippen LogP contribution in [0.1, 0.15) is 5.56 Å². The number of benzene rings is 1. The summed E-state index contributed by atoms with van der Waals surface area (Å²) in [6, 6.07) is 3.12. The number of hydrogen-bond acceptors (Lipinski definition) is 6. The summed E-state index contributed by atoms with van der Waals surface area (Å²) in [4.78, 5) is 9.47. The van der Waals surface area contributed by atoms with Crippen molar-refractivity contribution in [3.63, 3.8) is 0 Å². The molecule has 1 aromatic rings. The normalized spacial score (nSPS) is 11.3. The number of nitro benzene ring substituents is 1. The Morgan fingerprint density at radius 1 is 1.30 bits per heavy atom. The van der Waals surface area contributed by atoms with Crippen molar-refractivity contribution < 1.29 is 18.1 Å². The third-order valence-corrected chi connectivity index (χ3v) is 2.02. The zero-order valence-corrected chi connectivity index (χ0v) is 9.50. The van der Waals surface area contributed by atoms with Gasteiger partial charge in [0.1, 0.15) is 12.1 Å². The predicted octanol–water partition coefficient (Wildman–Crippen LogP) is 3.11. The van der Waals surface area contributed by atoms with Crippen molar-refractivity contribution in [1.29, 1.82) is 10.5 Å². The molecule has 0 radical (unpaired) electrons. The van der Waals surface area contributed by atoms with Gasteiger partial charge in [-0.3, -0.25) is 10.1 Å². The smallest absolute Gasteiger partial charge is 0.258 e. The zero-order valence-electron chi connectivity index (χ0n) is 9.50. The van der Waals surface area contributed by atoms with Crippen molar-refractivity contribution >= 4 is 11.4 Å². The second-order valence-corrected chi connectivity index (χ2v) is 3.33. The molecule has 0 saturated carbocycles. The van der Waals surface area contributed by atoms with E-state index in [1.54, 1.807) is 0 Å². The molecule has 0 aliphatic rings. The number of azo groups is 1. The van der Waals surface area contributed by atoms with E-state index >= 15 is 0 Å². The second-order valence-electron chi connectivity index (χ2n) is 3.33. The Balaban J connectivity index is 3.31. The maximum atomic E-state index is 12.7. The summed E-state index contributed by atoms with van der Waals surface area (Å²) in [5, 5.41) is 33.5. The first-order chi connectivity index (χ1) is 9.29. The van der Waals surface area contributed by atoms with Gasteiger partial charge in [0.25, 0.3) is 5.69 Å². The van der Waals surface area contributed by atoms with E-state index in [1.807, 2.05) is 0 Å². The zero-order chi connectivity index (χ0) is 15.3. The van der Waals surface area contributed by atoms with Crippen LogP contribution in [-0.2, 0) is 6.18 Å². The number of hydrogen-bond donors (Lipinski definition) is 0. The number of alkyl halides is 3. The molecule has 20 heavy (non-hydrogen) atoms. The first-order valence-electron chi connectivity index (χ1n) is 4.85. The molecule has 10 heteroatoms. The van der Waals surface area contributed by atoms with Crippen LogP contribution in [0.25, 0.3) is 0 Å². The van der Waals surface area contributed by atoms with Gasteiger partial charge in [0.15, 0.2) is 0 Å². The molecule has 1 aromatic carbocycles. The van der Waals surface area contributed by atoms with Crippen LogP contribution in [0.3, 0.4) is 0 Å². The van der Waals surface area contributed by atoms with Gasteiger partial charge in [0.2, 0.25) is 6.04 Å². The van der Waals surface area contributed by atoms with Crippen molar-refractivity contribution in [3.05, 3.63) is 33.9 Å². The Labute approximate surface area is 109 Å². The van der Waals surface area contributed by atoms with Gasteiger partial charge >= 0.3 is 6.18 Å². The maximum absolute atomic E-state index is 12.7. The Hall–Kier alpha value is -3.01. The molecule has 102 valence electrons. The van der Waals surface area contributed by atoms with Crippen LogP contribution >= 0.6 is 0 Å². The highest BCUT2D eigenvalue weighted by Gasteiger charge is 2.35. The van der Waals surface area contributed by atoms with Crippen LogP contribution in [0.4, 0.5) is 24.5 Å². The molecular formula is C10H4F3N5O2. The summed E-state index contributed by atoms with van der Waals surface area (Å²) in [6.07, 6.45) is -4.88. The van der Waals surface area contributed by atoms with Crippen LogP contribution in [0, 0.1) is 32.8 Å². The summed E-state index contributed by atoms with van der Waals surface area (Å²) < 4.78 is 38.2. The number of non-ortho nitro benzene ring substituents is 1. The van der Waals surface area contributed by atoms with E-state index in [9.17, 15) is 23.3 Å². The molecule has 0 aliphatic heterocycles. The second kappa shape index (κ2) is 5.75. The van der Waals surface area contributed by atoms with Crippen molar-refractivity contribution in [3.8, 4) is 12.1 Å². The van der Waals surface area contributed by atoms with Crippen LogP contribution in [-0.4, -0.2) is 11.0 Å². The molecule has 0 aliphatic carbocycles. The number of nitriles is 2. The molecule has 0 saturated heterocycles. The van der Waals surface area contributed by atoms with Crippen molar-refractivity contribution in [2.45, 2.75) is 12.2 Å². The fourth-order valence-electron chi connectivity index (χ4n) is 1.15. The Morgan fingerprint density at radius 2 is 1.90 bits per heavy atom. The van der Waals surface area contributed by atoms with Crippen molar-refractivity contribution in [1.82, 2.24) is 0 Å². The number of nitrogens with zero attached hydrogens (tertiary/aromatic N) is 5. The lowest BCUT2D eigenvalue weighted by molar-refractivity contribution is -0.385. The third-order valence-electron chi connectivity index (χ3n) is 2.02. The average molecular weight is 283 g/mol. The molecule has 0 aromatic heterocycles. The monoisotopic (exact) mass is 283 g/mol. The summed E-state index contributed by atoms with van der Waals surface area (Å²) in [5.74, 6) is 0. The van der Waals surface area contributed by atoms with E-state index < -0.39 is 34.1 Å². The van der Waals surface area contributed by atoms with Gasteiger partial charge in [0.05, 0.1) is 16.2 Å². The highest BCUT2D eigenvalue weighted by Crippen LogP contribution is 2.38. The first-order valence-corrected chi connectivity index (χ1v) is 4.85. The average Bonchev–Trinajstić information content (AvgIpc) is 2.38. The number of rotatable bonds is 3. The predicted molar refractivity (Wildman–Crippen MR) is 57.6 cm³/mol. The Morgan fingerprint density at radius 3 is 2.35 bits per heavy atom. The maximum Gasteiger partial charge on any atom is 0.418 e. The highest BCUT2D eigenvalue weighted by atomic mass is 19.4. The van der Waals surface area contributed by atoms with E-state index in [-0.39, 0.29) is 0 Å². The number of halogens is 3. The fraction of sp³-hybridized carbons (Fsp3) is 0.200. The largest absolute Gasteiger partial charge is 0.418 e. The molecule has 0 unspecified atom stereocenters. The first kappa shape index (κ1) is 15.0. The molecule has 0 heterocycles. The lowest BCUT2D eigenvalue weighted by Crippen LogP contribution is -2.06. The van der Waals surface area contributed by atoms with E-state index in [2.05, 4.69) is 10.2 Å². The van der Waals surface area contributed by atoms with E-state index in [0.29, 0.717) is 6.07 Å². The van der Waals surface area contributed by atoms with Gasteiger partial charge in [-0.2, -0.15) is 33.9 Å². The summed E-state index contributed by atoms with van der Waals surface area (Å²) in [5.41, 5.74) is -2.84. The Bertz CT molecular complexity index is 628. The van der Waals surface area contributed by atoms with Gasteiger partial charge in [-0.25, -0.2) is 0 Å². The third kappa shape index (κ3) is 3.49. The number of nitro groups is 1. The molecule has 0 fully saturated rings. The lowest BCUT2D eigenvalue weighted by Gasteiger charge is -2.08. The van der Waals surface area contributed by atoms with Crippen LogP contribution in [0.15, 0.2) is 28.4 Å². The van der Waals surface area contributed by atoms with Gasteiger partial charge in [-0.15, -0.1) is 0 Å². The molecule has 0 N–H and O–H groups in total. The molecular weight excluding hydrogens is 279 g/mol. The van der Waals surface area contributed by atoms with Crippen LogP contribution in [0.2, 0.25) is 0 Å². The van der Waals surface area contributed by atoms with E-state index in [1.165, 1.54) is 12.1 Å². The summed E-state index contributed by atoms with van der Waals surface area (Å²) in [6.45, 7) is 0. The highest BCUT2D eigenvalue weighted by molar-refractivity contribution is 5.53. The fourth-order valence-corrected chi connectivity index (χ4v) is 1.15. The van der Waals surface area contributed by atoms with Crippen molar-refractivity contribution in [2.24, 2.45) is 10.2 Å². The Kier molecular flexibility index (Phi) is 4.33. The van der Waals surface area contributed by atoms with Crippen LogP contribution in [0.5, 0.6) is 0 Å². The standard InChI is InChI=1S/C10H4F3N5O2/c11-10(12,13)8-3-7(18(19)20)1-2-9(8)17-16-6(4-14)5-15/h1-3,6H. The SMILES string of the molecule is N#CC(C#N)N=Nc1ccc([N+](=O)[O-])cc1C(F)(F)F. The minimum atomic E-state index is -4.88. The molecule has 0 atom stereocenters. The quantitative estimate of drug-likeness (QED) is 0.481. The van der Waals surface area contributed by atoms with Crippen LogP contribution < -0.4 is 0 Å². The minimum absolute atomic E-state index is 0.308. The topological polar surface area (TPSA) is 115 Å². The van der Waals surface area contributed by atoms with E-state index in [0.717, 1.165) is 12.1 Å². The molecule has 7 nitrogen and oxygen atoms in total. The molecule has 1 rings (SSSR count). The summed E-state index contributed by atoms with van der Waals surface area (Å²) in [7, 11) is 0. The minimum Gasteiger partial charge on any atom is -0.258 e. The van der Waals surface area contributed by atoms with Gasteiger partial charge < -0.3 is 0 Å². The van der Waals surface area contributed by atoms with E-state index in [4.69, 9.17) is 10.5 Å². The molecule has 0 spiro atoms.